The van der Waals surface area contributed by atoms with E-state index in [4.69, 9.17) is 9.73 Å². The molecule has 2 aliphatic rings. The van der Waals surface area contributed by atoms with Crippen molar-refractivity contribution in [1.82, 2.24) is 0 Å². The van der Waals surface area contributed by atoms with Crippen LogP contribution in [-0.2, 0) is 0 Å². The SMILES string of the molecule is CCCOc1ccc2ccccc2c1C=Nc1ccc([C@@H]2Nc3ccccc3[C@@H]3C=CC[C@@H]32)cc1. The molecule has 0 saturated carbocycles. The maximum atomic E-state index is 6.04. The predicted molar refractivity (Wildman–Crippen MR) is 146 cm³/mol. The third-order valence-electron chi connectivity index (χ3n) is 7.26. The predicted octanol–water partition coefficient (Wildman–Crippen LogP) is 8.21. The van der Waals surface area contributed by atoms with E-state index in [1.165, 1.54) is 22.2 Å². The molecule has 0 bridgehead atoms. The molecule has 4 aromatic carbocycles. The van der Waals surface area contributed by atoms with Gasteiger partial charge in [-0.3, -0.25) is 4.99 Å². The number of ether oxygens (including phenoxy) is 1. The molecule has 0 radical (unpaired) electrons. The van der Waals surface area contributed by atoms with Crippen molar-refractivity contribution in [2.45, 2.75) is 31.7 Å². The number of hydrogen-bond donors (Lipinski definition) is 1. The Bertz CT molecular complexity index is 1400. The average molecular weight is 459 g/mol. The van der Waals surface area contributed by atoms with Crippen molar-refractivity contribution in [3.8, 4) is 5.75 Å². The summed E-state index contributed by atoms with van der Waals surface area (Å²) in [6.07, 6.45) is 8.76. The van der Waals surface area contributed by atoms with Gasteiger partial charge in [-0.05, 0) is 64.9 Å². The van der Waals surface area contributed by atoms with E-state index >= 15 is 0 Å². The lowest BCUT2D eigenvalue weighted by molar-refractivity contribution is 0.317. The fraction of sp³-hybridized carbons (Fsp3) is 0.219. The molecule has 4 aromatic rings. The van der Waals surface area contributed by atoms with Crippen molar-refractivity contribution < 1.29 is 4.74 Å². The molecular weight excluding hydrogens is 428 g/mol. The van der Waals surface area contributed by atoms with Gasteiger partial charge in [-0.2, -0.15) is 0 Å². The van der Waals surface area contributed by atoms with E-state index < -0.39 is 0 Å². The van der Waals surface area contributed by atoms with Crippen molar-refractivity contribution in [1.29, 1.82) is 0 Å². The quantitative estimate of drug-likeness (QED) is 0.233. The smallest absolute Gasteiger partial charge is 0.128 e. The van der Waals surface area contributed by atoms with Gasteiger partial charge in [0.15, 0.2) is 0 Å². The summed E-state index contributed by atoms with van der Waals surface area (Å²) in [4.78, 5) is 4.85. The molecular formula is C32H30N2O. The molecule has 0 unspecified atom stereocenters. The summed E-state index contributed by atoms with van der Waals surface area (Å²) in [5.74, 6) is 1.92. The maximum absolute atomic E-state index is 6.04. The van der Waals surface area contributed by atoms with Crippen LogP contribution < -0.4 is 10.1 Å². The Balaban J connectivity index is 1.28. The summed E-state index contributed by atoms with van der Waals surface area (Å²) in [5.41, 5.74) is 5.96. The summed E-state index contributed by atoms with van der Waals surface area (Å²) in [6, 6.07) is 30.3. The van der Waals surface area contributed by atoms with E-state index in [-0.39, 0.29) is 0 Å². The van der Waals surface area contributed by atoms with Crippen LogP contribution in [0.5, 0.6) is 5.75 Å². The van der Waals surface area contributed by atoms with Crippen LogP contribution in [-0.4, -0.2) is 12.8 Å². The molecule has 1 aliphatic carbocycles. The number of allylic oxidation sites excluding steroid dienone is 2. The second kappa shape index (κ2) is 9.42. The van der Waals surface area contributed by atoms with Crippen molar-refractivity contribution >= 4 is 28.4 Å². The van der Waals surface area contributed by atoms with Gasteiger partial charge in [-0.1, -0.05) is 79.7 Å². The minimum absolute atomic E-state index is 0.301. The number of nitrogens with one attached hydrogen (secondary N) is 1. The fourth-order valence-electron chi connectivity index (χ4n) is 5.53. The first-order valence-electron chi connectivity index (χ1n) is 12.6. The lowest BCUT2D eigenvalue weighted by Gasteiger charge is -2.37. The average Bonchev–Trinajstić information content (AvgIpc) is 3.41. The van der Waals surface area contributed by atoms with Crippen molar-refractivity contribution in [3.63, 3.8) is 0 Å². The van der Waals surface area contributed by atoms with Crippen LogP contribution in [0.4, 0.5) is 11.4 Å². The Kier molecular flexibility index (Phi) is 5.83. The zero-order valence-electron chi connectivity index (χ0n) is 20.0. The highest BCUT2D eigenvalue weighted by atomic mass is 16.5. The lowest BCUT2D eigenvalue weighted by atomic mass is 9.77. The van der Waals surface area contributed by atoms with Crippen LogP contribution in [0.2, 0.25) is 0 Å². The third kappa shape index (κ3) is 4.12. The van der Waals surface area contributed by atoms with Crippen LogP contribution in [0, 0.1) is 5.92 Å². The third-order valence-corrected chi connectivity index (χ3v) is 7.26. The molecule has 6 rings (SSSR count). The van der Waals surface area contributed by atoms with Crippen molar-refractivity contribution in [3.05, 3.63) is 114 Å². The van der Waals surface area contributed by atoms with E-state index in [1.54, 1.807) is 0 Å². The van der Waals surface area contributed by atoms with E-state index in [9.17, 15) is 0 Å². The molecule has 35 heavy (non-hydrogen) atoms. The van der Waals surface area contributed by atoms with Gasteiger partial charge in [0.25, 0.3) is 0 Å². The van der Waals surface area contributed by atoms with Crippen molar-refractivity contribution in [2.24, 2.45) is 10.9 Å². The molecule has 0 aromatic heterocycles. The topological polar surface area (TPSA) is 33.6 Å². The number of aliphatic imine (C=N–C) groups is 1. The van der Waals surface area contributed by atoms with Gasteiger partial charge in [0.05, 0.1) is 18.3 Å². The molecule has 1 aliphatic heterocycles. The molecule has 3 nitrogen and oxygen atoms in total. The largest absolute Gasteiger partial charge is 0.493 e. The molecule has 1 heterocycles. The number of benzene rings is 4. The maximum Gasteiger partial charge on any atom is 0.128 e. The van der Waals surface area contributed by atoms with Gasteiger partial charge in [0, 0.05) is 23.4 Å². The summed E-state index contributed by atoms with van der Waals surface area (Å²) in [7, 11) is 0. The first-order chi connectivity index (χ1) is 17.3. The zero-order valence-corrected chi connectivity index (χ0v) is 20.0. The molecule has 3 heteroatoms. The Labute approximate surface area is 207 Å². The fourth-order valence-corrected chi connectivity index (χ4v) is 5.53. The standard InChI is InChI=1S/C32H30N2O/c1-2-20-35-31-19-16-22-8-3-4-9-25(22)29(31)21-33-24-17-14-23(15-18-24)32-28-12-7-11-26(28)27-10-5-6-13-30(27)34-32/h3-11,13-19,21,26,28,32,34H,2,12,20H2,1H3/t26-,28-,32-/m0/s1. The van der Waals surface area contributed by atoms with Gasteiger partial charge in [0.1, 0.15) is 5.75 Å². The second-order valence-corrected chi connectivity index (χ2v) is 9.46. The molecule has 0 amide bonds. The lowest BCUT2D eigenvalue weighted by Crippen LogP contribution is -2.28. The van der Waals surface area contributed by atoms with Gasteiger partial charge >= 0.3 is 0 Å². The van der Waals surface area contributed by atoms with Crippen LogP contribution in [0.15, 0.2) is 102 Å². The molecule has 174 valence electrons. The van der Waals surface area contributed by atoms with Crippen molar-refractivity contribution in [2.75, 3.05) is 11.9 Å². The Morgan fingerprint density at radius 2 is 1.77 bits per heavy atom. The van der Waals surface area contributed by atoms with E-state index in [1.807, 2.05) is 6.21 Å². The Hall–Kier alpha value is -3.85. The van der Waals surface area contributed by atoms with Gasteiger partial charge in [-0.15, -0.1) is 0 Å². The summed E-state index contributed by atoms with van der Waals surface area (Å²) in [6.45, 7) is 2.82. The molecule has 0 fully saturated rings. The molecule has 0 saturated heterocycles. The van der Waals surface area contributed by atoms with Crippen LogP contribution in [0.25, 0.3) is 10.8 Å². The van der Waals surface area contributed by atoms with E-state index in [0.29, 0.717) is 24.5 Å². The minimum Gasteiger partial charge on any atom is -0.493 e. The van der Waals surface area contributed by atoms with Gasteiger partial charge in [-0.25, -0.2) is 0 Å². The zero-order chi connectivity index (χ0) is 23.6. The van der Waals surface area contributed by atoms with E-state index in [2.05, 4.69) is 109 Å². The van der Waals surface area contributed by atoms with Crippen LogP contribution in [0.3, 0.4) is 0 Å². The highest BCUT2D eigenvalue weighted by Gasteiger charge is 2.37. The van der Waals surface area contributed by atoms with Gasteiger partial charge < -0.3 is 10.1 Å². The Morgan fingerprint density at radius 3 is 2.66 bits per heavy atom. The second-order valence-electron chi connectivity index (χ2n) is 9.46. The molecule has 1 N–H and O–H groups in total. The first kappa shape index (κ1) is 21.7. The van der Waals surface area contributed by atoms with E-state index in [0.717, 1.165) is 35.2 Å². The normalized spacial score (nSPS) is 20.5. The highest BCUT2D eigenvalue weighted by Crippen LogP contribution is 2.49. The monoisotopic (exact) mass is 458 g/mol. The van der Waals surface area contributed by atoms with Crippen LogP contribution >= 0.6 is 0 Å². The number of nitrogens with zero attached hydrogens (tertiary/aromatic N) is 1. The summed E-state index contributed by atoms with van der Waals surface area (Å²) >= 11 is 0. The summed E-state index contributed by atoms with van der Waals surface area (Å²) in [5, 5.41) is 6.16. The number of hydrogen-bond acceptors (Lipinski definition) is 3. The van der Waals surface area contributed by atoms with Gasteiger partial charge in [0.2, 0.25) is 0 Å². The molecule has 3 atom stereocenters. The number of para-hydroxylation sites is 1. The molecule has 0 spiro atoms. The number of anilines is 1. The summed E-state index contributed by atoms with van der Waals surface area (Å²) < 4.78 is 6.04. The minimum atomic E-state index is 0.301. The highest BCUT2D eigenvalue weighted by molar-refractivity contribution is 6.03. The Morgan fingerprint density at radius 1 is 0.943 bits per heavy atom. The first-order valence-corrected chi connectivity index (χ1v) is 12.6. The number of rotatable bonds is 6. The number of fused-ring (bicyclic) bond motifs is 4. The van der Waals surface area contributed by atoms with Crippen LogP contribution in [0.1, 0.15) is 48.4 Å².